The van der Waals surface area contributed by atoms with Crippen molar-refractivity contribution in [3.8, 4) is 0 Å². The zero-order valence-electron chi connectivity index (χ0n) is 10.0. The van der Waals surface area contributed by atoms with Gasteiger partial charge in [-0.2, -0.15) is 0 Å². The fourth-order valence-electron chi connectivity index (χ4n) is 1.57. The lowest BCUT2D eigenvalue weighted by atomic mass is 10.1. The molecule has 0 aliphatic rings. The number of aromatic nitrogens is 2. The molecule has 6 heteroatoms. The second kappa shape index (κ2) is 5.22. The summed E-state index contributed by atoms with van der Waals surface area (Å²) < 4.78 is 0. The Bertz CT molecular complexity index is 535. The number of aromatic amines is 1. The van der Waals surface area contributed by atoms with Crippen molar-refractivity contribution in [1.82, 2.24) is 15.3 Å². The number of carbonyl (C=O) groups is 1. The van der Waals surface area contributed by atoms with E-state index in [4.69, 9.17) is 5.73 Å². The molecule has 0 radical (unpaired) electrons. The Balaban J connectivity index is 2.13. The van der Waals surface area contributed by atoms with Gasteiger partial charge in [0.2, 0.25) is 0 Å². The van der Waals surface area contributed by atoms with Gasteiger partial charge >= 0.3 is 0 Å². The number of hydrogen-bond donors (Lipinski definition) is 4. The first-order chi connectivity index (χ1) is 8.70. The predicted molar refractivity (Wildman–Crippen MR) is 70.2 cm³/mol. The number of nitrogens with one attached hydrogen (secondary N) is 3. The van der Waals surface area contributed by atoms with E-state index in [0.29, 0.717) is 23.5 Å². The fourth-order valence-corrected chi connectivity index (χ4v) is 1.57. The van der Waals surface area contributed by atoms with Crippen molar-refractivity contribution in [2.24, 2.45) is 0 Å². The van der Waals surface area contributed by atoms with E-state index in [1.54, 1.807) is 37.6 Å². The molecule has 18 heavy (non-hydrogen) atoms. The van der Waals surface area contributed by atoms with Gasteiger partial charge in [-0.15, -0.1) is 0 Å². The van der Waals surface area contributed by atoms with Crippen LogP contribution in [0.15, 0.2) is 30.6 Å². The highest BCUT2D eigenvalue weighted by Crippen LogP contribution is 2.20. The van der Waals surface area contributed by atoms with E-state index in [0.717, 1.165) is 5.82 Å². The second-order valence-electron chi connectivity index (χ2n) is 3.77. The maximum absolute atomic E-state index is 11.5. The van der Waals surface area contributed by atoms with Gasteiger partial charge in [-0.3, -0.25) is 4.79 Å². The van der Waals surface area contributed by atoms with Crippen molar-refractivity contribution >= 4 is 17.3 Å². The molecular formula is C12H15N5O. The zero-order chi connectivity index (χ0) is 13.0. The summed E-state index contributed by atoms with van der Waals surface area (Å²) in [7, 11) is 1.59. The Hall–Kier alpha value is -2.50. The van der Waals surface area contributed by atoms with Crippen LogP contribution in [0.25, 0.3) is 0 Å². The molecule has 0 unspecified atom stereocenters. The number of anilines is 2. The van der Waals surface area contributed by atoms with E-state index in [-0.39, 0.29) is 5.91 Å². The lowest BCUT2D eigenvalue weighted by Gasteiger charge is -2.09. The van der Waals surface area contributed by atoms with Crippen molar-refractivity contribution < 1.29 is 4.79 Å². The van der Waals surface area contributed by atoms with Crippen LogP contribution in [0.1, 0.15) is 16.2 Å². The molecule has 0 atom stereocenters. The minimum Gasteiger partial charge on any atom is -0.397 e. The van der Waals surface area contributed by atoms with Crippen LogP contribution in [0.5, 0.6) is 0 Å². The Labute approximate surface area is 105 Å². The second-order valence-corrected chi connectivity index (χ2v) is 3.77. The number of H-pyrrole nitrogens is 1. The summed E-state index contributed by atoms with van der Waals surface area (Å²) in [5.41, 5.74) is 7.72. The van der Waals surface area contributed by atoms with Gasteiger partial charge in [0, 0.05) is 25.0 Å². The minimum absolute atomic E-state index is 0.143. The number of carbonyl (C=O) groups excluding carboxylic acids is 1. The molecule has 1 aromatic carbocycles. The Morgan fingerprint density at radius 3 is 3.00 bits per heavy atom. The summed E-state index contributed by atoms with van der Waals surface area (Å²) in [5.74, 6) is 0.663. The summed E-state index contributed by atoms with van der Waals surface area (Å²) >= 11 is 0. The third-order valence-corrected chi connectivity index (χ3v) is 2.54. The molecule has 0 spiro atoms. The molecule has 0 fully saturated rings. The normalized spacial score (nSPS) is 10.1. The average molecular weight is 245 g/mol. The molecule has 2 aromatic rings. The van der Waals surface area contributed by atoms with Crippen molar-refractivity contribution in [2.75, 3.05) is 18.1 Å². The third kappa shape index (κ3) is 2.60. The molecule has 0 aliphatic heterocycles. The van der Waals surface area contributed by atoms with E-state index >= 15 is 0 Å². The van der Waals surface area contributed by atoms with Crippen molar-refractivity contribution in [1.29, 1.82) is 0 Å². The van der Waals surface area contributed by atoms with Gasteiger partial charge < -0.3 is 21.4 Å². The summed E-state index contributed by atoms with van der Waals surface area (Å²) in [4.78, 5) is 18.6. The smallest absolute Gasteiger partial charge is 0.251 e. The average Bonchev–Trinajstić information content (AvgIpc) is 2.90. The lowest BCUT2D eigenvalue weighted by Crippen LogP contribution is -2.18. The number of hydrogen-bond acceptors (Lipinski definition) is 4. The Morgan fingerprint density at radius 2 is 2.33 bits per heavy atom. The highest BCUT2D eigenvalue weighted by Gasteiger charge is 2.06. The summed E-state index contributed by atoms with van der Waals surface area (Å²) in [6.45, 7) is 0.522. The standard InChI is InChI=1S/C12H15N5O/c1-14-12(18)8-2-3-9(13)10(6-8)17-7-11-15-4-5-16-11/h2-6,17H,7,13H2,1H3,(H,14,18)(H,15,16). The first-order valence-corrected chi connectivity index (χ1v) is 5.54. The van der Waals surface area contributed by atoms with Crippen LogP contribution in [-0.2, 0) is 6.54 Å². The van der Waals surface area contributed by atoms with Gasteiger partial charge in [-0.25, -0.2) is 4.98 Å². The minimum atomic E-state index is -0.143. The number of nitrogens with two attached hydrogens (primary N) is 1. The number of imidazole rings is 1. The molecule has 1 aromatic heterocycles. The van der Waals surface area contributed by atoms with Crippen LogP contribution in [0, 0.1) is 0 Å². The largest absolute Gasteiger partial charge is 0.397 e. The molecule has 0 saturated heterocycles. The first-order valence-electron chi connectivity index (χ1n) is 5.54. The number of benzene rings is 1. The summed E-state index contributed by atoms with van der Waals surface area (Å²) in [6.07, 6.45) is 3.43. The quantitative estimate of drug-likeness (QED) is 0.603. The fraction of sp³-hybridized carbons (Fsp3) is 0.167. The molecule has 6 nitrogen and oxygen atoms in total. The molecule has 94 valence electrons. The monoisotopic (exact) mass is 245 g/mol. The van der Waals surface area contributed by atoms with Crippen LogP contribution in [0.2, 0.25) is 0 Å². The van der Waals surface area contributed by atoms with Gasteiger partial charge in [0.05, 0.1) is 17.9 Å². The van der Waals surface area contributed by atoms with Gasteiger partial charge in [0.15, 0.2) is 0 Å². The van der Waals surface area contributed by atoms with Crippen LogP contribution < -0.4 is 16.4 Å². The summed E-state index contributed by atoms with van der Waals surface area (Å²) in [5, 5.41) is 5.71. The first kappa shape index (κ1) is 12.0. The van der Waals surface area contributed by atoms with Crippen molar-refractivity contribution in [3.05, 3.63) is 42.0 Å². The van der Waals surface area contributed by atoms with Gasteiger partial charge in [-0.1, -0.05) is 0 Å². The number of nitrogens with zero attached hydrogens (tertiary/aromatic N) is 1. The lowest BCUT2D eigenvalue weighted by molar-refractivity contribution is 0.0963. The Kier molecular flexibility index (Phi) is 3.47. The topological polar surface area (TPSA) is 95.8 Å². The zero-order valence-corrected chi connectivity index (χ0v) is 10.0. The van der Waals surface area contributed by atoms with Gasteiger partial charge in [0.25, 0.3) is 5.91 Å². The van der Waals surface area contributed by atoms with E-state index in [2.05, 4.69) is 20.6 Å². The van der Waals surface area contributed by atoms with Crippen LogP contribution in [-0.4, -0.2) is 22.9 Å². The van der Waals surface area contributed by atoms with Crippen molar-refractivity contribution in [3.63, 3.8) is 0 Å². The molecule has 1 amide bonds. The van der Waals surface area contributed by atoms with E-state index in [1.165, 1.54) is 0 Å². The number of amides is 1. The van der Waals surface area contributed by atoms with Gasteiger partial charge in [0.1, 0.15) is 5.82 Å². The van der Waals surface area contributed by atoms with Crippen molar-refractivity contribution in [2.45, 2.75) is 6.54 Å². The maximum Gasteiger partial charge on any atom is 0.251 e. The van der Waals surface area contributed by atoms with E-state index in [9.17, 15) is 4.79 Å². The number of rotatable bonds is 4. The van der Waals surface area contributed by atoms with Crippen LogP contribution >= 0.6 is 0 Å². The number of nitrogen functional groups attached to an aromatic ring is 1. The predicted octanol–water partition coefficient (Wildman–Crippen LogP) is 0.964. The maximum atomic E-state index is 11.5. The Morgan fingerprint density at radius 1 is 1.50 bits per heavy atom. The highest BCUT2D eigenvalue weighted by atomic mass is 16.1. The molecule has 5 N–H and O–H groups in total. The highest BCUT2D eigenvalue weighted by molar-refractivity contribution is 5.96. The van der Waals surface area contributed by atoms with Crippen LogP contribution in [0.3, 0.4) is 0 Å². The molecule has 1 heterocycles. The van der Waals surface area contributed by atoms with Gasteiger partial charge in [-0.05, 0) is 18.2 Å². The van der Waals surface area contributed by atoms with E-state index < -0.39 is 0 Å². The summed E-state index contributed by atoms with van der Waals surface area (Å²) in [6, 6.07) is 5.11. The van der Waals surface area contributed by atoms with Crippen LogP contribution in [0.4, 0.5) is 11.4 Å². The van der Waals surface area contributed by atoms with E-state index in [1.807, 2.05) is 0 Å². The molecule has 0 saturated carbocycles. The SMILES string of the molecule is CNC(=O)c1ccc(N)c(NCc2ncc[nH]2)c1. The molecule has 0 aliphatic carbocycles. The molecule has 2 rings (SSSR count). The molecular weight excluding hydrogens is 230 g/mol. The third-order valence-electron chi connectivity index (χ3n) is 2.54. The molecule has 0 bridgehead atoms.